The van der Waals surface area contributed by atoms with E-state index in [-0.39, 0.29) is 10.8 Å². The van der Waals surface area contributed by atoms with Crippen LogP contribution in [-0.2, 0) is 14.8 Å². The second-order valence-corrected chi connectivity index (χ2v) is 8.45. The molecule has 0 radical (unpaired) electrons. The van der Waals surface area contributed by atoms with Crippen LogP contribution < -0.4 is 5.32 Å². The SMILES string of the molecule is COC(=O)c1ccc(NC(=O)c2ccc(S(=O)(=O)N3CCCCC3)cc2)cc1. The van der Waals surface area contributed by atoms with Gasteiger partial charge in [0.25, 0.3) is 5.91 Å². The van der Waals surface area contributed by atoms with Crippen molar-refractivity contribution in [3.63, 3.8) is 0 Å². The number of methoxy groups -OCH3 is 1. The van der Waals surface area contributed by atoms with E-state index in [4.69, 9.17) is 0 Å². The first-order valence-electron chi connectivity index (χ1n) is 9.02. The van der Waals surface area contributed by atoms with Gasteiger partial charge in [-0.05, 0) is 61.4 Å². The molecule has 7 nitrogen and oxygen atoms in total. The third-order valence-electron chi connectivity index (χ3n) is 4.63. The molecule has 0 atom stereocenters. The minimum atomic E-state index is -3.52. The molecule has 0 aromatic heterocycles. The quantitative estimate of drug-likeness (QED) is 0.777. The van der Waals surface area contributed by atoms with Gasteiger partial charge in [-0.1, -0.05) is 6.42 Å². The molecule has 2 aromatic rings. The molecule has 0 aliphatic carbocycles. The third kappa shape index (κ3) is 4.40. The highest BCUT2D eigenvalue weighted by Gasteiger charge is 2.25. The van der Waals surface area contributed by atoms with Gasteiger partial charge in [0, 0.05) is 24.3 Å². The van der Waals surface area contributed by atoms with Gasteiger partial charge in [0.05, 0.1) is 17.6 Å². The van der Waals surface area contributed by atoms with E-state index in [1.807, 2.05) is 0 Å². The van der Waals surface area contributed by atoms with Crippen LogP contribution in [0.5, 0.6) is 0 Å². The Morgan fingerprint density at radius 2 is 1.46 bits per heavy atom. The van der Waals surface area contributed by atoms with Gasteiger partial charge >= 0.3 is 5.97 Å². The number of sulfonamides is 1. The second-order valence-electron chi connectivity index (χ2n) is 6.51. The van der Waals surface area contributed by atoms with Crippen molar-refractivity contribution in [2.75, 3.05) is 25.5 Å². The fraction of sp³-hybridized carbons (Fsp3) is 0.300. The van der Waals surface area contributed by atoms with Crippen LogP contribution in [0.4, 0.5) is 5.69 Å². The number of esters is 1. The number of piperidine rings is 1. The van der Waals surface area contributed by atoms with Crippen molar-refractivity contribution in [1.82, 2.24) is 4.31 Å². The number of rotatable bonds is 5. The van der Waals surface area contributed by atoms with Crippen LogP contribution in [0.25, 0.3) is 0 Å². The van der Waals surface area contributed by atoms with Crippen molar-refractivity contribution >= 4 is 27.6 Å². The fourth-order valence-corrected chi connectivity index (χ4v) is 4.56. The van der Waals surface area contributed by atoms with E-state index in [9.17, 15) is 18.0 Å². The molecule has 8 heteroatoms. The number of anilines is 1. The summed E-state index contributed by atoms with van der Waals surface area (Å²) >= 11 is 0. The van der Waals surface area contributed by atoms with Crippen molar-refractivity contribution in [1.29, 1.82) is 0 Å². The number of nitrogens with one attached hydrogen (secondary N) is 1. The Labute approximate surface area is 164 Å². The summed E-state index contributed by atoms with van der Waals surface area (Å²) in [5.74, 6) is -0.823. The predicted octanol–water partition coefficient (Wildman–Crippen LogP) is 2.90. The van der Waals surface area contributed by atoms with Crippen molar-refractivity contribution < 1.29 is 22.7 Å². The van der Waals surface area contributed by atoms with E-state index >= 15 is 0 Å². The maximum Gasteiger partial charge on any atom is 0.337 e. The largest absolute Gasteiger partial charge is 0.465 e. The molecule has 0 saturated carbocycles. The predicted molar refractivity (Wildman–Crippen MR) is 105 cm³/mol. The topological polar surface area (TPSA) is 92.8 Å². The van der Waals surface area contributed by atoms with Gasteiger partial charge in [-0.15, -0.1) is 0 Å². The van der Waals surface area contributed by atoms with E-state index in [1.165, 1.54) is 35.7 Å². The molecule has 2 aromatic carbocycles. The number of carbonyl (C=O) groups excluding carboxylic acids is 2. The smallest absolute Gasteiger partial charge is 0.337 e. The highest BCUT2D eigenvalue weighted by molar-refractivity contribution is 7.89. The summed E-state index contributed by atoms with van der Waals surface area (Å²) in [5.41, 5.74) is 1.24. The summed E-state index contributed by atoms with van der Waals surface area (Å²) in [5, 5.41) is 2.71. The first kappa shape index (κ1) is 20.0. The summed E-state index contributed by atoms with van der Waals surface area (Å²) < 4.78 is 31.4. The Morgan fingerprint density at radius 1 is 0.893 bits per heavy atom. The minimum absolute atomic E-state index is 0.188. The van der Waals surface area contributed by atoms with E-state index in [1.54, 1.807) is 24.3 Å². The first-order valence-corrected chi connectivity index (χ1v) is 10.5. The van der Waals surface area contributed by atoms with Gasteiger partial charge in [0.1, 0.15) is 0 Å². The highest BCUT2D eigenvalue weighted by Crippen LogP contribution is 2.21. The number of carbonyl (C=O) groups is 2. The molecule has 1 amide bonds. The molecular formula is C20H22N2O5S. The lowest BCUT2D eigenvalue weighted by Gasteiger charge is -2.25. The average Bonchev–Trinajstić information content (AvgIpc) is 2.74. The first-order chi connectivity index (χ1) is 13.4. The lowest BCUT2D eigenvalue weighted by molar-refractivity contribution is 0.0600. The maximum atomic E-state index is 12.7. The van der Waals surface area contributed by atoms with Gasteiger partial charge in [-0.3, -0.25) is 4.79 Å². The molecule has 28 heavy (non-hydrogen) atoms. The van der Waals surface area contributed by atoms with Crippen LogP contribution >= 0.6 is 0 Å². The lowest BCUT2D eigenvalue weighted by Crippen LogP contribution is -2.35. The molecule has 1 saturated heterocycles. The van der Waals surface area contributed by atoms with Crippen LogP contribution in [0.2, 0.25) is 0 Å². The summed E-state index contributed by atoms with van der Waals surface area (Å²) in [6, 6.07) is 12.2. The number of nitrogens with zero attached hydrogens (tertiary/aromatic N) is 1. The molecule has 3 rings (SSSR count). The van der Waals surface area contributed by atoms with Gasteiger partial charge in [0.2, 0.25) is 10.0 Å². The molecule has 0 unspecified atom stereocenters. The van der Waals surface area contributed by atoms with Gasteiger partial charge in [-0.2, -0.15) is 4.31 Å². The summed E-state index contributed by atoms with van der Waals surface area (Å²) in [6.07, 6.45) is 2.79. The number of amides is 1. The molecule has 1 N–H and O–H groups in total. The van der Waals surface area contributed by atoms with Gasteiger partial charge < -0.3 is 10.1 Å². The van der Waals surface area contributed by atoms with Crippen LogP contribution in [0, 0.1) is 0 Å². The Balaban J connectivity index is 1.69. The molecule has 0 spiro atoms. The highest BCUT2D eigenvalue weighted by atomic mass is 32.2. The number of benzene rings is 2. The zero-order valence-electron chi connectivity index (χ0n) is 15.6. The van der Waals surface area contributed by atoms with Crippen LogP contribution in [0.1, 0.15) is 40.0 Å². The van der Waals surface area contributed by atoms with Crippen molar-refractivity contribution in [3.8, 4) is 0 Å². The van der Waals surface area contributed by atoms with Crippen LogP contribution in [0.15, 0.2) is 53.4 Å². The van der Waals surface area contributed by atoms with Crippen molar-refractivity contribution in [2.45, 2.75) is 24.2 Å². The number of hydrogen-bond donors (Lipinski definition) is 1. The van der Waals surface area contributed by atoms with Crippen LogP contribution in [0.3, 0.4) is 0 Å². The summed E-state index contributed by atoms with van der Waals surface area (Å²) in [7, 11) is -2.22. The molecule has 1 aliphatic heterocycles. The normalized spacial score (nSPS) is 15.0. The van der Waals surface area contributed by atoms with Crippen molar-refractivity contribution in [2.24, 2.45) is 0 Å². The molecule has 1 heterocycles. The zero-order valence-corrected chi connectivity index (χ0v) is 16.4. The Bertz CT molecular complexity index is 947. The van der Waals surface area contributed by atoms with E-state index in [2.05, 4.69) is 10.1 Å². The zero-order chi connectivity index (χ0) is 20.1. The molecule has 1 aliphatic rings. The lowest BCUT2D eigenvalue weighted by atomic mass is 10.2. The van der Waals surface area contributed by atoms with E-state index in [0.717, 1.165) is 19.3 Å². The third-order valence-corrected chi connectivity index (χ3v) is 6.55. The Morgan fingerprint density at radius 3 is 2.04 bits per heavy atom. The van der Waals surface area contributed by atoms with E-state index < -0.39 is 16.0 Å². The Hall–Kier alpha value is -2.71. The average molecular weight is 402 g/mol. The molecular weight excluding hydrogens is 380 g/mol. The fourth-order valence-electron chi connectivity index (χ4n) is 3.04. The number of ether oxygens (including phenoxy) is 1. The Kier molecular flexibility index (Phi) is 6.11. The molecule has 148 valence electrons. The van der Waals surface area contributed by atoms with Gasteiger partial charge in [-0.25, -0.2) is 13.2 Å². The van der Waals surface area contributed by atoms with Crippen LogP contribution in [-0.4, -0.2) is 44.8 Å². The summed E-state index contributed by atoms with van der Waals surface area (Å²) in [6.45, 7) is 1.07. The standard InChI is InChI=1S/C20H22N2O5S/c1-27-20(24)16-5-9-17(10-6-16)21-19(23)15-7-11-18(12-8-15)28(25,26)22-13-3-2-4-14-22/h5-12H,2-4,13-14H2,1H3,(H,21,23). The maximum absolute atomic E-state index is 12.7. The van der Waals surface area contributed by atoms with Gasteiger partial charge in [0.15, 0.2) is 0 Å². The molecule has 0 bridgehead atoms. The summed E-state index contributed by atoms with van der Waals surface area (Å²) in [4.78, 5) is 24.0. The van der Waals surface area contributed by atoms with E-state index in [0.29, 0.717) is 29.9 Å². The molecule has 1 fully saturated rings. The number of hydrogen-bond acceptors (Lipinski definition) is 5. The monoisotopic (exact) mass is 402 g/mol. The van der Waals surface area contributed by atoms with Crippen molar-refractivity contribution in [3.05, 3.63) is 59.7 Å². The minimum Gasteiger partial charge on any atom is -0.465 e. The second kappa shape index (κ2) is 8.53.